The van der Waals surface area contributed by atoms with Crippen molar-refractivity contribution < 1.29 is 9.53 Å². The molecule has 1 amide bonds. The van der Waals surface area contributed by atoms with Crippen LogP contribution >= 0.6 is 0 Å². The topological polar surface area (TPSA) is 51.2 Å². The number of ether oxygens (including phenoxy) is 1. The Labute approximate surface area is 133 Å². The van der Waals surface area contributed by atoms with Gasteiger partial charge in [0.15, 0.2) is 0 Å². The summed E-state index contributed by atoms with van der Waals surface area (Å²) in [6.45, 7) is 7.93. The molecule has 0 aliphatic carbocycles. The summed E-state index contributed by atoms with van der Waals surface area (Å²) in [4.78, 5) is 17.1. The second kappa shape index (κ2) is 8.28. The van der Waals surface area contributed by atoms with Gasteiger partial charge in [-0.15, -0.1) is 0 Å². The predicted molar refractivity (Wildman–Crippen MR) is 87.3 cm³/mol. The van der Waals surface area contributed by atoms with Crippen molar-refractivity contribution in [3.8, 4) is 0 Å². The van der Waals surface area contributed by atoms with Gasteiger partial charge in [0, 0.05) is 25.3 Å². The molecule has 0 spiro atoms. The van der Waals surface area contributed by atoms with Crippen molar-refractivity contribution >= 4 is 5.91 Å². The minimum Gasteiger partial charge on any atom is -0.381 e. The summed E-state index contributed by atoms with van der Waals surface area (Å²) in [7, 11) is 0. The summed E-state index contributed by atoms with van der Waals surface area (Å²) in [6, 6.07) is 5.87. The van der Waals surface area contributed by atoms with Crippen LogP contribution in [0.25, 0.3) is 0 Å². The van der Waals surface area contributed by atoms with Crippen molar-refractivity contribution in [1.82, 2.24) is 10.3 Å². The maximum atomic E-state index is 12.6. The third kappa shape index (κ3) is 4.80. The lowest BCUT2D eigenvalue weighted by atomic mass is 9.86. The fourth-order valence-electron chi connectivity index (χ4n) is 3.04. The Balaban J connectivity index is 2.01. The summed E-state index contributed by atoms with van der Waals surface area (Å²) in [5, 5.41) is 3.22. The van der Waals surface area contributed by atoms with Gasteiger partial charge in [-0.25, -0.2) is 0 Å². The van der Waals surface area contributed by atoms with Crippen molar-refractivity contribution in [1.29, 1.82) is 0 Å². The Hall–Kier alpha value is -1.42. The minimum absolute atomic E-state index is 0.00371. The van der Waals surface area contributed by atoms with Crippen LogP contribution in [0.1, 0.15) is 51.8 Å². The lowest BCUT2D eigenvalue weighted by Gasteiger charge is -2.29. The molecule has 1 aromatic rings. The van der Waals surface area contributed by atoms with E-state index >= 15 is 0 Å². The van der Waals surface area contributed by atoms with E-state index in [1.165, 1.54) is 0 Å². The Morgan fingerprint density at radius 2 is 2.05 bits per heavy atom. The van der Waals surface area contributed by atoms with Crippen molar-refractivity contribution in [2.45, 2.75) is 46.1 Å². The Bertz CT molecular complexity index is 455. The second-order valence-electron chi connectivity index (χ2n) is 6.68. The highest BCUT2D eigenvalue weighted by atomic mass is 16.5. The zero-order chi connectivity index (χ0) is 15.9. The van der Waals surface area contributed by atoms with Gasteiger partial charge in [-0.1, -0.05) is 26.8 Å². The van der Waals surface area contributed by atoms with E-state index in [-0.39, 0.29) is 17.9 Å². The van der Waals surface area contributed by atoms with Gasteiger partial charge >= 0.3 is 0 Å². The Morgan fingerprint density at radius 3 is 2.64 bits per heavy atom. The van der Waals surface area contributed by atoms with Crippen LogP contribution in [-0.4, -0.2) is 24.1 Å². The number of pyridine rings is 1. The molecule has 1 aliphatic rings. The highest BCUT2D eigenvalue weighted by molar-refractivity contribution is 5.79. The van der Waals surface area contributed by atoms with Crippen LogP contribution in [0.4, 0.5) is 0 Å². The first-order valence-electron chi connectivity index (χ1n) is 8.37. The average Bonchev–Trinajstić information content (AvgIpc) is 2.54. The Morgan fingerprint density at radius 1 is 1.32 bits per heavy atom. The van der Waals surface area contributed by atoms with Crippen LogP contribution in [0.15, 0.2) is 24.4 Å². The fourth-order valence-corrected chi connectivity index (χ4v) is 3.04. The number of hydrogen-bond acceptors (Lipinski definition) is 3. The average molecular weight is 304 g/mol. The summed E-state index contributed by atoms with van der Waals surface area (Å²) in [5.41, 5.74) is 0.948. The van der Waals surface area contributed by atoms with Gasteiger partial charge in [0.25, 0.3) is 0 Å². The lowest BCUT2D eigenvalue weighted by Crippen LogP contribution is -2.38. The molecule has 4 heteroatoms. The van der Waals surface area contributed by atoms with Gasteiger partial charge in [0.2, 0.25) is 5.91 Å². The highest BCUT2D eigenvalue weighted by Crippen LogP contribution is 2.26. The molecule has 0 unspecified atom stereocenters. The number of nitrogens with zero attached hydrogens (tertiary/aromatic N) is 1. The van der Waals surface area contributed by atoms with Crippen LogP contribution in [-0.2, 0) is 9.53 Å². The van der Waals surface area contributed by atoms with E-state index in [1.807, 2.05) is 25.1 Å². The molecule has 0 radical (unpaired) electrons. The molecule has 0 bridgehead atoms. The molecule has 1 aromatic heterocycles. The highest BCUT2D eigenvalue weighted by Gasteiger charge is 2.28. The second-order valence-corrected chi connectivity index (χ2v) is 6.68. The van der Waals surface area contributed by atoms with Gasteiger partial charge in [0.05, 0.1) is 11.7 Å². The molecule has 122 valence electrons. The van der Waals surface area contributed by atoms with Crippen molar-refractivity contribution in [2.24, 2.45) is 17.8 Å². The summed E-state index contributed by atoms with van der Waals surface area (Å²) in [5.74, 6) is 1.10. The molecule has 0 saturated carbocycles. The third-order valence-electron chi connectivity index (χ3n) is 4.46. The van der Waals surface area contributed by atoms with E-state index in [1.54, 1.807) is 6.20 Å². The number of nitrogens with one attached hydrogen (secondary N) is 1. The van der Waals surface area contributed by atoms with E-state index < -0.39 is 0 Å². The van der Waals surface area contributed by atoms with Crippen LogP contribution in [0.2, 0.25) is 0 Å². The van der Waals surface area contributed by atoms with Gasteiger partial charge in [-0.05, 0) is 43.2 Å². The molecule has 2 heterocycles. The van der Waals surface area contributed by atoms with E-state index in [0.717, 1.165) is 38.2 Å². The number of carbonyl (C=O) groups excluding carboxylic acids is 1. The number of carbonyl (C=O) groups is 1. The van der Waals surface area contributed by atoms with Gasteiger partial charge in [0.1, 0.15) is 0 Å². The quantitative estimate of drug-likeness (QED) is 0.877. The maximum Gasteiger partial charge on any atom is 0.223 e. The van der Waals surface area contributed by atoms with Gasteiger partial charge in [-0.3, -0.25) is 9.78 Å². The first-order valence-corrected chi connectivity index (χ1v) is 8.37. The molecule has 1 N–H and O–H groups in total. The van der Waals surface area contributed by atoms with Crippen molar-refractivity contribution in [3.05, 3.63) is 30.1 Å². The maximum absolute atomic E-state index is 12.6. The van der Waals surface area contributed by atoms with E-state index in [9.17, 15) is 4.79 Å². The summed E-state index contributed by atoms with van der Waals surface area (Å²) >= 11 is 0. The molecular formula is C18H28N2O2. The monoisotopic (exact) mass is 304 g/mol. The van der Waals surface area contributed by atoms with E-state index in [4.69, 9.17) is 4.74 Å². The number of rotatable bonds is 6. The number of aromatic nitrogens is 1. The smallest absolute Gasteiger partial charge is 0.223 e. The van der Waals surface area contributed by atoms with Crippen LogP contribution in [0, 0.1) is 17.8 Å². The molecule has 4 nitrogen and oxygen atoms in total. The molecule has 1 aliphatic heterocycles. The SMILES string of the molecule is CC(C)C[C@H](NC(=O)[C@H](C)C1CCOCC1)c1ccccn1. The van der Waals surface area contributed by atoms with Gasteiger partial charge in [-0.2, -0.15) is 0 Å². The first-order chi connectivity index (χ1) is 10.6. The lowest BCUT2D eigenvalue weighted by molar-refractivity contribution is -0.128. The van der Waals surface area contributed by atoms with E-state index in [0.29, 0.717) is 11.8 Å². The van der Waals surface area contributed by atoms with Crippen molar-refractivity contribution in [2.75, 3.05) is 13.2 Å². The van der Waals surface area contributed by atoms with E-state index in [2.05, 4.69) is 24.1 Å². The summed E-state index contributed by atoms with van der Waals surface area (Å²) in [6.07, 6.45) is 4.65. The molecule has 22 heavy (non-hydrogen) atoms. The molecular weight excluding hydrogens is 276 g/mol. The van der Waals surface area contributed by atoms with Gasteiger partial charge < -0.3 is 10.1 Å². The van der Waals surface area contributed by atoms with Crippen LogP contribution in [0.3, 0.4) is 0 Å². The molecule has 0 aromatic carbocycles. The molecule has 2 atom stereocenters. The predicted octanol–water partition coefficient (Wildman–Crippen LogP) is 3.35. The largest absolute Gasteiger partial charge is 0.381 e. The molecule has 1 saturated heterocycles. The molecule has 1 fully saturated rings. The van der Waals surface area contributed by atoms with Crippen molar-refractivity contribution in [3.63, 3.8) is 0 Å². The number of hydrogen-bond donors (Lipinski definition) is 1. The number of amides is 1. The van der Waals surface area contributed by atoms with Crippen LogP contribution < -0.4 is 5.32 Å². The first kappa shape index (κ1) is 16.9. The minimum atomic E-state index is -0.00371. The van der Waals surface area contributed by atoms with Crippen LogP contribution in [0.5, 0.6) is 0 Å². The summed E-state index contributed by atoms with van der Waals surface area (Å²) < 4.78 is 5.39. The zero-order valence-corrected chi connectivity index (χ0v) is 13.9. The normalized spacial score (nSPS) is 18.9. The standard InChI is InChI=1S/C18H28N2O2/c1-13(2)12-17(16-6-4-5-9-19-16)20-18(21)14(3)15-7-10-22-11-8-15/h4-6,9,13-15,17H,7-8,10-12H2,1-3H3,(H,20,21)/t14-,17+/m1/s1. The fraction of sp³-hybridized carbons (Fsp3) is 0.667. The molecule has 2 rings (SSSR count). The zero-order valence-electron chi connectivity index (χ0n) is 13.9. The Kier molecular flexibility index (Phi) is 6.37. The third-order valence-corrected chi connectivity index (χ3v) is 4.46.